The molecule has 3 aromatic rings. The summed E-state index contributed by atoms with van der Waals surface area (Å²) in [4.78, 5) is 12.2. The zero-order valence-corrected chi connectivity index (χ0v) is 17.4. The molecule has 10 heteroatoms. The summed E-state index contributed by atoms with van der Waals surface area (Å²) >= 11 is 21.4. The number of carbonyl (C=O) groups excluding carboxylic acids is 1. The van der Waals surface area contributed by atoms with Crippen molar-refractivity contribution >= 4 is 62.5 Å². The van der Waals surface area contributed by atoms with E-state index in [2.05, 4.69) is 31.4 Å². The smallest absolute Gasteiger partial charge is 0.247 e. The average Bonchev–Trinajstić information content (AvgIpc) is 3.04. The van der Waals surface area contributed by atoms with Crippen molar-refractivity contribution in [3.05, 3.63) is 61.4 Å². The third kappa shape index (κ3) is 4.59. The van der Waals surface area contributed by atoms with Crippen LogP contribution in [0.5, 0.6) is 0 Å². The molecule has 0 fully saturated rings. The van der Waals surface area contributed by atoms with Crippen molar-refractivity contribution in [2.75, 3.05) is 5.32 Å². The lowest BCUT2D eigenvalue weighted by Gasteiger charge is -2.05. The van der Waals surface area contributed by atoms with Crippen molar-refractivity contribution in [1.82, 2.24) is 19.6 Å². The lowest BCUT2D eigenvalue weighted by Crippen LogP contribution is -2.19. The van der Waals surface area contributed by atoms with Crippen LogP contribution in [0.1, 0.15) is 11.3 Å². The van der Waals surface area contributed by atoms with Crippen LogP contribution >= 0.6 is 50.7 Å². The summed E-state index contributed by atoms with van der Waals surface area (Å²) in [5.74, 6) is 0.148. The second-order valence-electron chi connectivity index (χ2n) is 5.57. The molecule has 0 aliphatic rings. The summed E-state index contributed by atoms with van der Waals surface area (Å²) < 4.78 is 3.81. The van der Waals surface area contributed by atoms with E-state index in [1.165, 1.54) is 4.68 Å². The normalized spacial score (nSPS) is 11.0. The molecule has 136 valence electrons. The minimum Gasteiger partial charge on any atom is -0.307 e. The molecule has 6 nitrogen and oxygen atoms in total. The summed E-state index contributed by atoms with van der Waals surface area (Å²) in [5.41, 5.74) is 1.54. The molecule has 0 spiro atoms. The second-order valence-corrected chi connectivity index (χ2v) is 7.67. The van der Waals surface area contributed by atoms with E-state index in [1.54, 1.807) is 36.1 Å². The van der Waals surface area contributed by atoms with Gasteiger partial charge in [0, 0.05) is 22.4 Å². The number of benzene rings is 1. The molecule has 2 heterocycles. The van der Waals surface area contributed by atoms with Gasteiger partial charge in [-0.15, -0.1) is 0 Å². The predicted octanol–water partition coefficient (Wildman–Crippen LogP) is 4.80. The molecule has 0 radical (unpaired) electrons. The maximum Gasteiger partial charge on any atom is 0.247 e. The van der Waals surface area contributed by atoms with Crippen LogP contribution in [0.2, 0.25) is 15.1 Å². The number of aromatic nitrogens is 4. The van der Waals surface area contributed by atoms with E-state index in [9.17, 15) is 4.79 Å². The van der Waals surface area contributed by atoms with E-state index < -0.39 is 0 Å². The van der Waals surface area contributed by atoms with Crippen LogP contribution in [0.15, 0.2) is 35.1 Å². The first-order valence-electron chi connectivity index (χ1n) is 7.48. The van der Waals surface area contributed by atoms with Crippen LogP contribution in [0.4, 0.5) is 5.82 Å². The fourth-order valence-corrected chi connectivity index (χ4v) is 3.31. The molecule has 2 aromatic heterocycles. The summed E-state index contributed by atoms with van der Waals surface area (Å²) in [6.07, 6.45) is 3.36. The van der Waals surface area contributed by atoms with Crippen LogP contribution in [-0.4, -0.2) is 25.5 Å². The molecule has 0 saturated heterocycles. The van der Waals surface area contributed by atoms with Gasteiger partial charge >= 0.3 is 0 Å². The first-order chi connectivity index (χ1) is 12.3. The fourth-order valence-electron chi connectivity index (χ4n) is 2.28. The largest absolute Gasteiger partial charge is 0.307 e. The van der Waals surface area contributed by atoms with Gasteiger partial charge in [0.15, 0.2) is 5.82 Å². The number of hydrogen-bond donors (Lipinski definition) is 1. The number of nitrogens with one attached hydrogen (secondary N) is 1. The van der Waals surface area contributed by atoms with Gasteiger partial charge < -0.3 is 5.32 Å². The number of hydrogen-bond acceptors (Lipinski definition) is 3. The van der Waals surface area contributed by atoms with Crippen LogP contribution in [0.25, 0.3) is 0 Å². The molecule has 0 unspecified atom stereocenters. The second kappa shape index (κ2) is 8.00. The molecule has 26 heavy (non-hydrogen) atoms. The summed E-state index contributed by atoms with van der Waals surface area (Å²) in [6, 6.07) is 5.28. The third-order valence-corrected chi connectivity index (χ3v) is 5.05. The van der Waals surface area contributed by atoms with Gasteiger partial charge in [-0.25, -0.2) is 0 Å². The summed E-state index contributed by atoms with van der Waals surface area (Å²) in [7, 11) is 0. The van der Waals surface area contributed by atoms with E-state index in [1.807, 2.05) is 6.07 Å². The zero-order valence-electron chi connectivity index (χ0n) is 13.5. The van der Waals surface area contributed by atoms with E-state index in [0.717, 1.165) is 5.56 Å². The molecule has 0 saturated carbocycles. The van der Waals surface area contributed by atoms with Gasteiger partial charge in [-0.3, -0.25) is 14.2 Å². The number of nitrogens with zero attached hydrogens (tertiary/aromatic N) is 4. The highest BCUT2D eigenvalue weighted by Crippen LogP contribution is 2.24. The SMILES string of the molecule is Cc1nn(CC(=O)Nc2nn(Cc3ccc(Cl)cc3Cl)cc2Br)cc1Cl. The average molecular weight is 478 g/mol. The highest BCUT2D eigenvalue weighted by Gasteiger charge is 2.13. The first-order valence-corrected chi connectivity index (χ1v) is 9.41. The Labute approximate surface area is 173 Å². The van der Waals surface area contributed by atoms with Crippen molar-refractivity contribution in [2.45, 2.75) is 20.0 Å². The Kier molecular flexibility index (Phi) is 5.92. The quantitative estimate of drug-likeness (QED) is 0.574. The summed E-state index contributed by atoms with van der Waals surface area (Å²) in [5, 5.41) is 12.9. The van der Waals surface area contributed by atoms with Crippen molar-refractivity contribution in [3.8, 4) is 0 Å². The number of rotatable bonds is 5. The van der Waals surface area contributed by atoms with Crippen molar-refractivity contribution in [2.24, 2.45) is 0 Å². The number of anilines is 1. The van der Waals surface area contributed by atoms with E-state index in [4.69, 9.17) is 34.8 Å². The Morgan fingerprint density at radius 1 is 1.15 bits per heavy atom. The van der Waals surface area contributed by atoms with Crippen molar-refractivity contribution in [3.63, 3.8) is 0 Å². The van der Waals surface area contributed by atoms with Gasteiger partial charge in [-0.2, -0.15) is 10.2 Å². The van der Waals surface area contributed by atoms with Crippen LogP contribution < -0.4 is 5.32 Å². The predicted molar refractivity (Wildman–Crippen MR) is 106 cm³/mol. The van der Waals surface area contributed by atoms with Gasteiger partial charge in [-0.1, -0.05) is 40.9 Å². The highest BCUT2D eigenvalue weighted by molar-refractivity contribution is 9.10. The van der Waals surface area contributed by atoms with Crippen LogP contribution in [0.3, 0.4) is 0 Å². The number of amides is 1. The lowest BCUT2D eigenvalue weighted by atomic mass is 10.2. The molecule has 1 aromatic carbocycles. The molecular formula is C16H13BrCl3N5O. The minimum absolute atomic E-state index is 0.0376. The van der Waals surface area contributed by atoms with Gasteiger partial charge in [0.05, 0.1) is 21.7 Å². The molecule has 3 rings (SSSR count). The first kappa shape index (κ1) is 19.2. The zero-order chi connectivity index (χ0) is 18.8. The van der Waals surface area contributed by atoms with E-state index in [0.29, 0.717) is 37.6 Å². The van der Waals surface area contributed by atoms with Gasteiger partial charge in [0.25, 0.3) is 0 Å². The molecule has 0 atom stereocenters. The summed E-state index contributed by atoms with van der Waals surface area (Å²) in [6.45, 7) is 2.26. The number of aryl methyl sites for hydroxylation is 1. The maximum absolute atomic E-state index is 12.2. The minimum atomic E-state index is -0.264. The molecule has 1 amide bonds. The Morgan fingerprint density at radius 3 is 2.58 bits per heavy atom. The number of halogens is 4. The third-order valence-electron chi connectivity index (χ3n) is 3.51. The van der Waals surface area contributed by atoms with Crippen LogP contribution in [0, 0.1) is 6.92 Å². The monoisotopic (exact) mass is 475 g/mol. The topological polar surface area (TPSA) is 64.7 Å². The Morgan fingerprint density at radius 2 is 1.92 bits per heavy atom. The Bertz CT molecular complexity index is 949. The van der Waals surface area contributed by atoms with Crippen molar-refractivity contribution in [1.29, 1.82) is 0 Å². The number of carbonyl (C=O) groups is 1. The standard InChI is InChI=1S/C16H13BrCl3N5O/c1-9-14(20)7-25(22-9)8-15(26)21-16-12(17)6-24(23-16)5-10-2-3-11(18)4-13(10)19/h2-4,6-7H,5,8H2,1H3,(H,21,23,26). The molecular weight excluding hydrogens is 464 g/mol. The maximum atomic E-state index is 12.2. The molecule has 0 aliphatic heterocycles. The van der Waals surface area contributed by atoms with E-state index in [-0.39, 0.29) is 12.5 Å². The fraction of sp³-hybridized carbons (Fsp3) is 0.188. The van der Waals surface area contributed by atoms with Crippen molar-refractivity contribution < 1.29 is 4.79 Å². The van der Waals surface area contributed by atoms with Crippen LogP contribution in [-0.2, 0) is 17.9 Å². The van der Waals surface area contributed by atoms with E-state index >= 15 is 0 Å². The van der Waals surface area contributed by atoms with Gasteiger partial charge in [0.2, 0.25) is 5.91 Å². The van der Waals surface area contributed by atoms with Gasteiger partial charge in [0.1, 0.15) is 6.54 Å². The molecule has 1 N–H and O–H groups in total. The lowest BCUT2D eigenvalue weighted by molar-refractivity contribution is -0.116. The molecule has 0 aliphatic carbocycles. The highest BCUT2D eigenvalue weighted by atomic mass is 79.9. The Hall–Kier alpha value is -1.54. The van der Waals surface area contributed by atoms with Gasteiger partial charge in [-0.05, 0) is 40.5 Å². The molecule has 0 bridgehead atoms. The Balaban J connectivity index is 1.68.